The molecule has 0 bridgehead atoms. The van der Waals surface area contributed by atoms with Crippen LogP contribution in [-0.2, 0) is 0 Å². The van der Waals surface area contributed by atoms with Gasteiger partial charge in [0.15, 0.2) is 0 Å². The summed E-state index contributed by atoms with van der Waals surface area (Å²) in [6.45, 7) is 3.88. The van der Waals surface area contributed by atoms with Crippen molar-refractivity contribution in [1.82, 2.24) is 15.2 Å². The Kier molecular flexibility index (Phi) is 2.27. The minimum atomic E-state index is 0.279. The van der Waals surface area contributed by atoms with Gasteiger partial charge >= 0.3 is 0 Å². The van der Waals surface area contributed by atoms with Crippen molar-refractivity contribution in [3.63, 3.8) is 0 Å². The maximum absolute atomic E-state index is 5.16. The lowest BCUT2D eigenvalue weighted by Crippen LogP contribution is -1.94. The van der Waals surface area contributed by atoms with Crippen LogP contribution in [0.3, 0.4) is 0 Å². The summed E-state index contributed by atoms with van der Waals surface area (Å²) in [5, 5.41) is 6.75. The highest BCUT2D eigenvalue weighted by atomic mass is 15.2. The molecule has 0 aromatic carbocycles. The Morgan fingerprint density at radius 3 is 2.91 bits per heavy atom. The van der Waals surface area contributed by atoms with Crippen molar-refractivity contribution < 1.29 is 0 Å². The van der Waals surface area contributed by atoms with Crippen LogP contribution in [0.25, 0.3) is 0 Å². The molecule has 0 amide bonds. The maximum Gasteiger partial charge on any atom is 0.147 e. The molecule has 3 heteroatoms. The molecule has 3 nitrogen and oxygen atoms in total. The molecule has 0 unspecified atom stereocenters. The zero-order chi connectivity index (χ0) is 8.27. The number of hydrogen-bond acceptors (Lipinski definition) is 2. The van der Waals surface area contributed by atoms with Crippen LogP contribution in [0.5, 0.6) is 0 Å². The standard InChI is InChI=1S/C8H11N3/c1-4-5-6(2)8-9-7(3)10-11-8/h1,6H,5H2,2-3H3,(H,9,10,11)/t6-/m0/s1. The molecule has 0 radical (unpaired) electrons. The number of rotatable bonds is 2. The van der Waals surface area contributed by atoms with Crippen LogP contribution in [0.1, 0.15) is 30.9 Å². The molecule has 0 aliphatic heterocycles. The minimum Gasteiger partial charge on any atom is -0.263 e. The van der Waals surface area contributed by atoms with Gasteiger partial charge in [-0.3, -0.25) is 5.10 Å². The summed E-state index contributed by atoms with van der Waals surface area (Å²) < 4.78 is 0. The highest BCUT2D eigenvalue weighted by Gasteiger charge is 2.07. The molecule has 1 N–H and O–H groups in total. The molecule has 0 aliphatic carbocycles. The lowest BCUT2D eigenvalue weighted by atomic mass is 10.1. The van der Waals surface area contributed by atoms with E-state index in [1.807, 2.05) is 13.8 Å². The van der Waals surface area contributed by atoms with Crippen LogP contribution in [-0.4, -0.2) is 15.2 Å². The first-order valence-corrected chi connectivity index (χ1v) is 3.56. The molecule has 11 heavy (non-hydrogen) atoms. The molecule has 1 rings (SSSR count). The lowest BCUT2D eigenvalue weighted by Gasteiger charge is -2.00. The zero-order valence-corrected chi connectivity index (χ0v) is 6.76. The van der Waals surface area contributed by atoms with Crippen LogP contribution < -0.4 is 0 Å². The van der Waals surface area contributed by atoms with Gasteiger partial charge in [0.2, 0.25) is 0 Å². The van der Waals surface area contributed by atoms with Crippen molar-refractivity contribution in [1.29, 1.82) is 0 Å². The van der Waals surface area contributed by atoms with Gasteiger partial charge in [0.1, 0.15) is 11.6 Å². The van der Waals surface area contributed by atoms with Crippen LogP contribution in [0.2, 0.25) is 0 Å². The summed E-state index contributed by atoms with van der Waals surface area (Å²) in [4.78, 5) is 4.17. The number of terminal acetylenes is 1. The second-order valence-corrected chi connectivity index (χ2v) is 2.58. The molecular weight excluding hydrogens is 138 g/mol. The van der Waals surface area contributed by atoms with Crippen LogP contribution in [0.15, 0.2) is 0 Å². The average molecular weight is 149 g/mol. The van der Waals surface area contributed by atoms with Crippen LogP contribution in [0, 0.1) is 19.3 Å². The van der Waals surface area contributed by atoms with E-state index in [9.17, 15) is 0 Å². The second-order valence-electron chi connectivity index (χ2n) is 2.58. The summed E-state index contributed by atoms with van der Waals surface area (Å²) in [6.07, 6.45) is 5.86. The van der Waals surface area contributed by atoms with Gasteiger partial charge in [0, 0.05) is 12.3 Å². The summed E-state index contributed by atoms with van der Waals surface area (Å²) >= 11 is 0. The number of nitrogens with one attached hydrogen (secondary N) is 1. The normalized spacial score (nSPS) is 12.5. The van der Waals surface area contributed by atoms with Gasteiger partial charge < -0.3 is 0 Å². The maximum atomic E-state index is 5.16. The number of aromatic amines is 1. The first-order chi connectivity index (χ1) is 5.24. The van der Waals surface area contributed by atoms with E-state index < -0.39 is 0 Å². The van der Waals surface area contributed by atoms with E-state index in [1.54, 1.807) is 0 Å². The van der Waals surface area contributed by atoms with E-state index in [1.165, 1.54) is 0 Å². The van der Waals surface area contributed by atoms with Gasteiger partial charge in [0.25, 0.3) is 0 Å². The molecule has 1 heterocycles. The molecule has 1 aromatic heterocycles. The SMILES string of the molecule is C#CC[C@H](C)c1nc(C)n[nH]1. The molecule has 0 aliphatic rings. The molecule has 0 saturated carbocycles. The first-order valence-electron chi connectivity index (χ1n) is 3.56. The topological polar surface area (TPSA) is 41.6 Å². The van der Waals surface area contributed by atoms with Gasteiger partial charge in [-0.15, -0.1) is 12.3 Å². The number of nitrogens with zero attached hydrogens (tertiary/aromatic N) is 2. The molecular formula is C8H11N3. The van der Waals surface area contributed by atoms with E-state index >= 15 is 0 Å². The fraction of sp³-hybridized carbons (Fsp3) is 0.500. The Labute approximate surface area is 66.2 Å². The van der Waals surface area contributed by atoms with Gasteiger partial charge in [-0.05, 0) is 6.92 Å². The van der Waals surface area contributed by atoms with Crippen molar-refractivity contribution in [3.05, 3.63) is 11.6 Å². The fourth-order valence-corrected chi connectivity index (χ4v) is 0.856. The number of aromatic nitrogens is 3. The van der Waals surface area contributed by atoms with E-state index in [0.717, 1.165) is 11.6 Å². The minimum absolute atomic E-state index is 0.279. The van der Waals surface area contributed by atoms with Crippen molar-refractivity contribution in [2.24, 2.45) is 0 Å². The first kappa shape index (κ1) is 7.80. The second kappa shape index (κ2) is 3.20. The molecule has 1 atom stereocenters. The average Bonchev–Trinajstić information content (AvgIpc) is 2.36. The summed E-state index contributed by atoms with van der Waals surface area (Å²) in [5.74, 6) is 4.51. The highest BCUT2D eigenvalue weighted by molar-refractivity contribution is 5.00. The third kappa shape index (κ3) is 1.81. The number of H-pyrrole nitrogens is 1. The van der Waals surface area contributed by atoms with Gasteiger partial charge in [-0.1, -0.05) is 6.92 Å². The predicted molar refractivity (Wildman–Crippen MR) is 43.0 cm³/mol. The van der Waals surface area contributed by atoms with E-state index in [4.69, 9.17) is 6.42 Å². The lowest BCUT2D eigenvalue weighted by molar-refractivity contribution is 0.729. The Morgan fingerprint density at radius 1 is 1.73 bits per heavy atom. The Bertz CT molecular complexity index is 269. The molecule has 0 saturated heterocycles. The quantitative estimate of drug-likeness (QED) is 0.643. The Morgan fingerprint density at radius 2 is 2.45 bits per heavy atom. The smallest absolute Gasteiger partial charge is 0.147 e. The fourth-order valence-electron chi connectivity index (χ4n) is 0.856. The van der Waals surface area contributed by atoms with Crippen molar-refractivity contribution in [3.8, 4) is 12.3 Å². The third-order valence-corrected chi connectivity index (χ3v) is 1.51. The summed E-state index contributed by atoms with van der Waals surface area (Å²) in [6, 6.07) is 0. The summed E-state index contributed by atoms with van der Waals surface area (Å²) in [7, 11) is 0. The third-order valence-electron chi connectivity index (χ3n) is 1.51. The van der Waals surface area contributed by atoms with E-state index in [2.05, 4.69) is 21.1 Å². The molecule has 0 spiro atoms. The van der Waals surface area contributed by atoms with Crippen molar-refractivity contribution >= 4 is 0 Å². The monoisotopic (exact) mass is 149 g/mol. The van der Waals surface area contributed by atoms with E-state index in [-0.39, 0.29) is 5.92 Å². The van der Waals surface area contributed by atoms with Crippen LogP contribution >= 0.6 is 0 Å². The molecule has 0 fully saturated rings. The molecule has 58 valence electrons. The highest BCUT2D eigenvalue weighted by Crippen LogP contribution is 2.12. The Hall–Kier alpha value is -1.30. The van der Waals surface area contributed by atoms with Gasteiger partial charge in [0.05, 0.1) is 0 Å². The largest absolute Gasteiger partial charge is 0.263 e. The molecule has 1 aromatic rings. The number of hydrogen-bond donors (Lipinski definition) is 1. The zero-order valence-electron chi connectivity index (χ0n) is 6.76. The van der Waals surface area contributed by atoms with Gasteiger partial charge in [-0.25, -0.2) is 4.98 Å². The van der Waals surface area contributed by atoms with Gasteiger partial charge in [-0.2, -0.15) is 5.10 Å². The van der Waals surface area contributed by atoms with E-state index in [0.29, 0.717) is 6.42 Å². The van der Waals surface area contributed by atoms with Crippen LogP contribution in [0.4, 0.5) is 0 Å². The van der Waals surface area contributed by atoms with Crippen molar-refractivity contribution in [2.75, 3.05) is 0 Å². The predicted octanol–water partition coefficient (Wildman–Crippen LogP) is 1.24. The summed E-state index contributed by atoms with van der Waals surface area (Å²) in [5.41, 5.74) is 0. The van der Waals surface area contributed by atoms with Crippen molar-refractivity contribution in [2.45, 2.75) is 26.2 Å². The Balaban J connectivity index is 2.70. The number of aryl methyl sites for hydroxylation is 1.